The molecular weight excluding hydrogens is 714 g/mol. The normalized spacial score (nSPS) is 33.2. The highest BCUT2D eigenvalue weighted by Gasteiger charge is 2.47. The summed E-state index contributed by atoms with van der Waals surface area (Å²) in [6.45, 7) is -1.64. The Balaban J connectivity index is 1.05. The number of ether oxygens (including phenoxy) is 2. The van der Waals surface area contributed by atoms with Crippen molar-refractivity contribution in [1.82, 2.24) is 40.8 Å². The average molecular weight is 743 g/mol. The molecule has 1 amide bonds. The molecule has 27 heteroatoms. The van der Waals surface area contributed by atoms with Crippen molar-refractivity contribution >= 4 is 63.9 Å². The number of aliphatic hydroxyl groups is 2. The molecule has 10 atom stereocenters. The van der Waals surface area contributed by atoms with Gasteiger partial charge in [0.1, 0.15) is 42.0 Å². The predicted octanol–water partition coefficient (Wildman–Crippen LogP) is -3.94. The highest BCUT2D eigenvalue weighted by atomic mass is 32.1. The number of hydrogen-bond donors (Lipinski definition) is 13. The topological polar surface area (TPSA) is 342 Å². The van der Waals surface area contributed by atoms with E-state index < -0.39 is 89.5 Å². The predicted molar refractivity (Wildman–Crippen MR) is 161 cm³/mol. The number of phosphoric acid groups is 2. The zero-order chi connectivity index (χ0) is 34.0. The molecule has 4 aliphatic rings. The number of rotatable bonds is 9. The van der Waals surface area contributed by atoms with E-state index in [0.29, 0.717) is 0 Å². The third-order valence-corrected chi connectivity index (χ3v) is 11.0. The van der Waals surface area contributed by atoms with Crippen LogP contribution in [0.15, 0.2) is 32.5 Å². The molecular formula is C20H28N10O13P2S2. The van der Waals surface area contributed by atoms with Crippen LogP contribution in [0.25, 0.3) is 11.2 Å². The number of carbonyl (C=O) groups is 1. The van der Waals surface area contributed by atoms with E-state index in [1.165, 1.54) is 0 Å². The van der Waals surface area contributed by atoms with Gasteiger partial charge in [0.05, 0.1) is 19.5 Å². The van der Waals surface area contributed by atoms with Crippen molar-refractivity contribution in [2.24, 2.45) is 5.73 Å². The van der Waals surface area contributed by atoms with Gasteiger partial charge in [0, 0.05) is 9.81 Å². The van der Waals surface area contributed by atoms with Crippen molar-refractivity contribution in [3.8, 4) is 0 Å². The lowest BCUT2D eigenvalue weighted by molar-refractivity contribution is -0.120. The Kier molecular flexibility index (Phi) is 9.16. The molecule has 6 heterocycles. The Labute approximate surface area is 273 Å². The largest absolute Gasteiger partial charge is 0.481 e. The Morgan fingerprint density at radius 2 is 1.70 bits per heavy atom. The number of nitrogens with zero attached hydrogens (tertiary/aromatic N) is 3. The summed E-state index contributed by atoms with van der Waals surface area (Å²) in [5, 5.41) is 32.2. The molecule has 0 saturated carbocycles. The van der Waals surface area contributed by atoms with Crippen LogP contribution in [0.5, 0.6) is 0 Å². The second kappa shape index (κ2) is 12.6. The second-order valence-electron chi connectivity index (χ2n) is 10.4. The number of nitrogens with two attached hydrogens (primary N) is 2. The second-order valence-corrected chi connectivity index (χ2v) is 14.4. The van der Waals surface area contributed by atoms with E-state index >= 15 is 0 Å². The zero-order valence-corrected chi connectivity index (χ0v) is 26.9. The van der Waals surface area contributed by atoms with Crippen LogP contribution in [0.4, 0.5) is 5.95 Å². The van der Waals surface area contributed by atoms with Crippen LogP contribution < -0.4 is 38.3 Å². The molecule has 47 heavy (non-hydrogen) atoms. The summed E-state index contributed by atoms with van der Waals surface area (Å²) in [4.78, 5) is 55.2. The van der Waals surface area contributed by atoms with Crippen LogP contribution >= 0.6 is 40.9 Å². The van der Waals surface area contributed by atoms with E-state index in [1.54, 1.807) is 0 Å². The first kappa shape index (κ1) is 34.1. The van der Waals surface area contributed by atoms with Gasteiger partial charge in [-0.25, -0.2) is 14.1 Å². The molecule has 0 bridgehead atoms. The van der Waals surface area contributed by atoms with Crippen molar-refractivity contribution in [3.05, 3.63) is 38.0 Å². The summed E-state index contributed by atoms with van der Waals surface area (Å²) in [5.74, 6) is -0.517. The van der Waals surface area contributed by atoms with Gasteiger partial charge in [-0.2, -0.15) is 9.29 Å². The maximum atomic E-state index is 12.6. The summed E-state index contributed by atoms with van der Waals surface area (Å²) in [7, 11) is -10.7. The van der Waals surface area contributed by atoms with Gasteiger partial charge in [-0.05, 0) is 0 Å². The maximum absolute atomic E-state index is 12.6. The SMILES string of the molecule is Nc1nc2c(ncn2[C@@H]2O[C@H](COP(=O)(O)OP(=O)(O)OC[C@H]3O[C@H]4NC5=C(N[C@H]4C(S)=C3S)C(=O)NC(N)N5)[C@@H](O)[C@H]2O)c(=O)[nH]1. The number of aromatic amines is 1. The minimum Gasteiger partial charge on any atom is -0.387 e. The third kappa shape index (κ3) is 6.78. The fourth-order valence-electron chi connectivity index (χ4n) is 5.04. The van der Waals surface area contributed by atoms with Crippen molar-refractivity contribution in [1.29, 1.82) is 0 Å². The standard InChI is InChI=1S/C20H28N10O13P2S2/c21-19-26-13-7(15(33)28-19)24-6-12(47)11(46)5(41-17(6)25-13)2-40-45(37,38)43-44(35,36)39-1-4-9(31)10(32)18(42-4)30-3-23-8-14(30)27-20(22)29-16(8)34/h3-6,9-10,17-19,24-26,31-32,46-47H,1-2,21H2,(H,28,33)(H,35,36)(H,37,38)(H3,22,27,29,34)/t4-,5-,6+,9-,10-,17-,18-,19?/m1/s1. The van der Waals surface area contributed by atoms with Crippen molar-refractivity contribution < 1.29 is 56.8 Å². The average Bonchev–Trinajstić information content (AvgIpc) is 3.52. The van der Waals surface area contributed by atoms with Crippen LogP contribution in [0.1, 0.15) is 6.23 Å². The molecule has 0 aromatic carbocycles. The van der Waals surface area contributed by atoms with Gasteiger partial charge < -0.3 is 56.5 Å². The molecule has 3 unspecified atom stereocenters. The number of phosphoric ester groups is 2. The fraction of sp³-hybridized carbons (Fsp3) is 0.500. The van der Waals surface area contributed by atoms with E-state index in [0.717, 1.165) is 10.9 Å². The van der Waals surface area contributed by atoms with Crippen molar-refractivity contribution in [3.63, 3.8) is 0 Å². The molecule has 2 aromatic rings. The number of H-pyrrole nitrogens is 1. The number of hydrogen-bond acceptors (Lipinski definition) is 20. The molecule has 4 aliphatic heterocycles. The maximum Gasteiger partial charge on any atom is 0.481 e. The number of thiol groups is 2. The third-order valence-electron chi connectivity index (χ3n) is 7.18. The summed E-state index contributed by atoms with van der Waals surface area (Å²) in [5.41, 5.74) is 10.5. The van der Waals surface area contributed by atoms with E-state index in [9.17, 15) is 38.7 Å². The van der Waals surface area contributed by atoms with E-state index in [-0.39, 0.29) is 38.4 Å². The Morgan fingerprint density at radius 1 is 1.00 bits per heavy atom. The number of carbonyl (C=O) groups excluding carboxylic acids is 1. The van der Waals surface area contributed by atoms with Gasteiger partial charge in [-0.3, -0.25) is 33.9 Å². The van der Waals surface area contributed by atoms with Gasteiger partial charge in [-0.1, -0.05) is 0 Å². The van der Waals surface area contributed by atoms with Gasteiger partial charge in [-0.15, -0.1) is 25.3 Å². The van der Waals surface area contributed by atoms with Crippen LogP contribution in [-0.4, -0.2) is 102 Å². The number of amides is 1. The molecule has 0 aliphatic carbocycles. The van der Waals surface area contributed by atoms with Crippen LogP contribution in [0.2, 0.25) is 0 Å². The summed E-state index contributed by atoms with van der Waals surface area (Å²) in [6, 6.07) is -0.707. The Morgan fingerprint density at radius 3 is 2.43 bits per heavy atom. The van der Waals surface area contributed by atoms with Crippen LogP contribution in [0.3, 0.4) is 0 Å². The number of nitrogen functional groups attached to an aromatic ring is 1. The molecule has 2 aromatic heterocycles. The Hall–Kier alpha value is -2.74. The lowest BCUT2D eigenvalue weighted by Gasteiger charge is -2.44. The number of nitrogens with one attached hydrogen (secondary N) is 5. The monoisotopic (exact) mass is 742 g/mol. The highest BCUT2D eigenvalue weighted by molar-refractivity contribution is 7.88. The van der Waals surface area contributed by atoms with E-state index in [1.807, 2.05) is 0 Å². The number of anilines is 1. The lowest BCUT2D eigenvalue weighted by atomic mass is 10.1. The number of imidazole rings is 1. The molecule has 0 radical (unpaired) electrons. The smallest absolute Gasteiger partial charge is 0.387 e. The molecule has 13 N–H and O–H groups in total. The summed E-state index contributed by atoms with van der Waals surface area (Å²) >= 11 is 8.77. The number of fused-ring (bicyclic) bond motifs is 2. The molecule has 0 spiro atoms. The lowest BCUT2D eigenvalue weighted by Crippen LogP contribution is -2.67. The van der Waals surface area contributed by atoms with Crippen molar-refractivity contribution in [2.45, 2.75) is 49.2 Å². The molecule has 258 valence electrons. The summed E-state index contributed by atoms with van der Waals surface area (Å²) < 4.78 is 51.7. The van der Waals surface area contributed by atoms with E-state index in [4.69, 9.17) is 30.0 Å². The zero-order valence-electron chi connectivity index (χ0n) is 23.4. The summed E-state index contributed by atoms with van der Waals surface area (Å²) in [6.07, 6.45) is -8.05. The van der Waals surface area contributed by atoms with Gasteiger partial charge in [0.25, 0.3) is 11.5 Å². The van der Waals surface area contributed by atoms with Gasteiger partial charge in [0.15, 0.2) is 29.9 Å². The van der Waals surface area contributed by atoms with Gasteiger partial charge >= 0.3 is 15.6 Å². The van der Waals surface area contributed by atoms with Crippen molar-refractivity contribution in [2.75, 3.05) is 18.9 Å². The van der Waals surface area contributed by atoms with Crippen LogP contribution in [0, 0.1) is 0 Å². The minimum atomic E-state index is -5.37. The molecule has 6 rings (SSSR count). The first-order valence-electron chi connectivity index (χ1n) is 13.3. The molecule has 23 nitrogen and oxygen atoms in total. The first-order valence-corrected chi connectivity index (χ1v) is 17.2. The Bertz CT molecular complexity index is 1820. The highest BCUT2D eigenvalue weighted by Crippen LogP contribution is 2.61. The van der Waals surface area contributed by atoms with Crippen LogP contribution in [-0.2, 0) is 36.8 Å². The van der Waals surface area contributed by atoms with E-state index in [2.05, 4.69) is 65.8 Å². The first-order chi connectivity index (χ1) is 22.0. The minimum absolute atomic E-state index is 0.0834. The molecule has 1 saturated heterocycles. The quantitative estimate of drug-likeness (QED) is 0.0861. The number of aliphatic hydroxyl groups excluding tert-OH is 2. The molecule has 1 fully saturated rings. The fourth-order valence-corrected chi connectivity index (χ4v) is 7.74. The number of aromatic nitrogens is 4. The van der Waals surface area contributed by atoms with Gasteiger partial charge in [0.2, 0.25) is 5.95 Å².